The minimum absolute atomic E-state index is 0.0823. The highest BCUT2D eigenvalue weighted by Gasteiger charge is 2.22. The molecule has 0 heterocycles. The molecule has 0 aliphatic heterocycles. The van der Waals surface area contributed by atoms with Gasteiger partial charge in [-0.3, -0.25) is 0 Å². The van der Waals surface area contributed by atoms with Gasteiger partial charge in [0.15, 0.2) is 5.11 Å². The Bertz CT molecular complexity index is 1060. The summed E-state index contributed by atoms with van der Waals surface area (Å²) >= 11 is 5.68. The minimum atomic E-state index is -3.52. The van der Waals surface area contributed by atoms with E-state index in [1.807, 2.05) is 48.3 Å². The quantitative estimate of drug-likeness (QED) is 0.579. The van der Waals surface area contributed by atoms with Crippen LogP contribution in [0.15, 0.2) is 89.8 Å². The minimum Gasteiger partial charge on any atom is -0.341 e. The third-order valence-corrected chi connectivity index (χ3v) is 7.00. The predicted molar refractivity (Wildman–Crippen MR) is 126 cm³/mol. The van der Waals surface area contributed by atoms with Crippen molar-refractivity contribution >= 4 is 33.0 Å². The van der Waals surface area contributed by atoms with Crippen LogP contribution in [-0.2, 0) is 10.0 Å². The predicted octanol–water partition coefficient (Wildman–Crippen LogP) is 4.36. The molecule has 0 radical (unpaired) electrons. The van der Waals surface area contributed by atoms with E-state index >= 15 is 0 Å². The molecular weight excluding hydrogens is 414 g/mol. The van der Waals surface area contributed by atoms with Crippen LogP contribution in [0.4, 0.5) is 5.69 Å². The average Bonchev–Trinajstić information content (AvgIpc) is 2.75. The van der Waals surface area contributed by atoms with Crippen LogP contribution in [0.2, 0.25) is 0 Å². The fourth-order valence-corrected chi connectivity index (χ4v) is 4.36. The summed E-state index contributed by atoms with van der Waals surface area (Å²) in [5.74, 6) is 0. The van der Waals surface area contributed by atoms with Gasteiger partial charge >= 0.3 is 0 Å². The lowest BCUT2D eigenvalue weighted by molar-refractivity contribution is 0.434. The number of hydrogen-bond donors (Lipinski definition) is 1. The second-order valence-electron chi connectivity index (χ2n) is 7.08. The summed E-state index contributed by atoms with van der Waals surface area (Å²) in [7, 11) is 1.43. The summed E-state index contributed by atoms with van der Waals surface area (Å²) in [6, 6.07) is 26.9. The molecule has 0 bridgehead atoms. The molecule has 3 rings (SSSR count). The van der Waals surface area contributed by atoms with Crippen LogP contribution in [0.1, 0.15) is 17.2 Å². The third kappa shape index (κ3) is 4.87. The number of anilines is 1. The zero-order valence-corrected chi connectivity index (χ0v) is 18.8. The number of nitrogens with zero attached hydrogens (tertiary/aromatic N) is 2. The van der Waals surface area contributed by atoms with Gasteiger partial charge < -0.3 is 10.2 Å². The lowest BCUT2D eigenvalue weighted by Crippen LogP contribution is -2.35. The van der Waals surface area contributed by atoms with Gasteiger partial charge in [-0.05, 0) is 41.5 Å². The molecular formula is C23H25N3O2S2. The largest absolute Gasteiger partial charge is 0.341 e. The first-order valence-electron chi connectivity index (χ1n) is 9.47. The Morgan fingerprint density at radius 2 is 1.37 bits per heavy atom. The molecule has 0 aromatic heterocycles. The van der Waals surface area contributed by atoms with E-state index in [4.69, 9.17) is 12.2 Å². The highest BCUT2D eigenvalue weighted by atomic mass is 32.2. The molecule has 0 aliphatic rings. The Kier molecular flexibility index (Phi) is 6.87. The van der Waals surface area contributed by atoms with Crippen molar-refractivity contribution in [3.05, 3.63) is 96.1 Å². The summed E-state index contributed by atoms with van der Waals surface area (Å²) in [5.41, 5.74) is 2.84. The molecule has 7 heteroatoms. The van der Waals surface area contributed by atoms with Gasteiger partial charge in [0.2, 0.25) is 10.0 Å². The maximum Gasteiger partial charge on any atom is 0.242 e. The number of thiocarbonyl (C=S) groups is 1. The highest BCUT2D eigenvalue weighted by Crippen LogP contribution is 2.28. The van der Waals surface area contributed by atoms with E-state index in [9.17, 15) is 8.42 Å². The summed E-state index contributed by atoms with van der Waals surface area (Å²) in [4.78, 5) is 2.19. The summed E-state index contributed by atoms with van der Waals surface area (Å²) < 4.78 is 26.1. The van der Waals surface area contributed by atoms with Crippen LogP contribution in [0.3, 0.4) is 0 Å². The van der Waals surface area contributed by atoms with Gasteiger partial charge in [-0.15, -0.1) is 0 Å². The summed E-state index contributed by atoms with van der Waals surface area (Å²) in [6.45, 7) is 0. The SMILES string of the molecule is CN(C(=S)Nc1cccc(S(=O)(=O)N(C)C)c1)C(c1ccccc1)c1ccccc1. The Labute approximate surface area is 184 Å². The van der Waals surface area contributed by atoms with Crippen molar-refractivity contribution in [2.45, 2.75) is 10.9 Å². The Balaban J connectivity index is 1.88. The normalized spacial score (nSPS) is 11.5. The number of benzene rings is 3. The topological polar surface area (TPSA) is 52.7 Å². The Hall–Kier alpha value is -2.74. The first kappa shape index (κ1) is 22.0. The zero-order valence-electron chi connectivity index (χ0n) is 17.2. The molecule has 0 spiro atoms. The molecule has 1 N–H and O–H groups in total. The molecule has 156 valence electrons. The summed E-state index contributed by atoms with van der Waals surface area (Å²) in [6.07, 6.45) is 0. The molecule has 0 amide bonds. The van der Waals surface area contributed by atoms with Crippen molar-refractivity contribution in [2.75, 3.05) is 26.5 Å². The molecule has 0 aliphatic carbocycles. The Morgan fingerprint density at radius 1 is 0.833 bits per heavy atom. The maximum atomic E-state index is 12.4. The lowest BCUT2D eigenvalue weighted by atomic mass is 9.98. The average molecular weight is 440 g/mol. The zero-order chi connectivity index (χ0) is 21.7. The van der Waals surface area contributed by atoms with E-state index in [1.54, 1.807) is 24.3 Å². The molecule has 0 atom stereocenters. The number of hydrogen-bond acceptors (Lipinski definition) is 3. The van der Waals surface area contributed by atoms with Gasteiger partial charge in [0.25, 0.3) is 0 Å². The molecule has 3 aromatic rings. The van der Waals surface area contributed by atoms with Crippen molar-refractivity contribution in [2.24, 2.45) is 0 Å². The van der Waals surface area contributed by atoms with Crippen molar-refractivity contribution in [3.63, 3.8) is 0 Å². The molecule has 0 unspecified atom stereocenters. The van der Waals surface area contributed by atoms with Crippen LogP contribution in [0.5, 0.6) is 0 Å². The second kappa shape index (κ2) is 9.38. The first-order valence-corrected chi connectivity index (χ1v) is 11.3. The molecule has 0 fully saturated rings. The second-order valence-corrected chi connectivity index (χ2v) is 9.62. The highest BCUT2D eigenvalue weighted by molar-refractivity contribution is 7.89. The van der Waals surface area contributed by atoms with Crippen molar-refractivity contribution in [3.8, 4) is 0 Å². The van der Waals surface area contributed by atoms with E-state index in [1.165, 1.54) is 18.4 Å². The fraction of sp³-hybridized carbons (Fsp3) is 0.174. The number of rotatable bonds is 6. The van der Waals surface area contributed by atoms with Crippen molar-refractivity contribution in [1.29, 1.82) is 0 Å². The van der Waals surface area contributed by atoms with Gasteiger partial charge in [0.05, 0.1) is 10.9 Å². The monoisotopic (exact) mass is 439 g/mol. The lowest BCUT2D eigenvalue weighted by Gasteiger charge is -2.31. The molecule has 5 nitrogen and oxygen atoms in total. The molecule has 3 aromatic carbocycles. The Morgan fingerprint density at radius 3 is 1.87 bits per heavy atom. The van der Waals surface area contributed by atoms with Crippen LogP contribution in [-0.4, -0.2) is 43.9 Å². The standard InChI is InChI=1S/C23H25N3O2S2/c1-25(2)30(27,28)21-16-10-15-20(17-21)24-23(29)26(3)22(18-11-6-4-7-12-18)19-13-8-5-9-14-19/h4-17,22H,1-3H3,(H,24,29). The van der Waals surface area contributed by atoms with E-state index < -0.39 is 10.0 Å². The third-order valence-electron chi connectivity index (χ3n) is 4.80. The van der Waals surface area contributed by atoms with Gasteiger partial charge in [-0.1, -0.05) is 66.7 Å². The number of nitrogens with one attached hydrogen (secondary N) is 1. The van der Waals surface area contributed by atoms with E-state index in [2.05, 4.69) is 29.6 Å². The van der Waals surface area contributed by atoms with Crippen LogP contribution in [0, 0.1) is 0 Å². The smallest absolute Gasteiger partial charge is 0.242 e. The van der Waals surface area contributed by atoms with E-state index in [0.29, 0.717) is 10.8 Å². The number of sulfonamides is 1. The van der Waals surface area contributed by atoms with Crippen LogP contribution in [0.25, 0.3) is 0 Å². The molecule has 30 heavy (non-hydrogen) atoms. The van der Waals surface area contributed by atoms with E-state index in [0.717, 1.165) is 11.1 Å². The fourth-order valence-electron chi connectivity index (χ4n) is 3.18. The van der Waals surface area contributed by atoms with Crippen molar-refractivity contribution in [1.82, 2.24) is 9.21 Å². The molecule has 0 saturated carbocycles. The first-order chi connectivity index (χ1) is 14.3. The maximum absolute atomic E-state index is 12.4. The van der Waals surface area contributed by atoms with Gasteiger partial charge in [-0.25, -0.2) is 12.7 Å². The van der Waals surface area contributed by atoms with Crippen molar-refractivity contribution < 1.29 is 8.42 Å². The van der Waals surface area contributed by atoms with Crippen LogP contribution >= 0.6 is 12.2 Å². The van der Waals surface area contributed by atoms with Gasteiger partial charge in [0.1, 0.15) is 0 Å². The summed E-state index contributed by atoms with van der Waals surface area (Å²) in [5, 5.41) is 3.68. The van der Waals surface area contributed by atoms with Gasteiger partial charge in [-0.2, -0.15) is 0 Å². The molecule has 0 saturated heterocycles. The van der Waals surface area contributed by atoms with Gasteiger partial charge in [0, 0.05) is 26.8 Å². The van der Waals surface area contributed by atoms with E-state index in [-0.39, 0.29) is 10.9 Å². The van der Waals surface area contributed by atoms with Crippen LogP contribution < -0.4 is 5.32 Å².